The van der Waals surface area contributed by atoms with Crippen LogP contribution in [0.4, 0.5) is 0 Å². The Kier molecular flexibility index (Phi) is 6.63. The number of hydrogen-bond acceptors (Lipinski definition) is 4. The lowest BCUT2D eigenvalue weighted by atomic mass is 10.0. The summed E-state index contributed by atoms with van der Waals surface area (Å²) in [6.45, 7) is 3.66. The highest BCUT2D eigenvalue weighted by molar-refractivity contribution is 5.94. The van der Waals surface area contributed by atoms with Gasteiger partial charge in [-0.15, -0.1) is 0 Å². The van der Waals surface area contributed by atoms with Crippen LogP contribution in [0.5, 0.6) is 0 Å². The van der Waals surface area contributed by atoms with Gasteiger partial charge in [-0.2, -0.15) is 0 Å². The molecule has 142 valence electrons. The second kappa shape index (κ2) is 9.14. The molecule has 26 heavy (non-hydrogen) atoms. The maximum atomic E-state index is 12.5. The molecule has 1 aromatic rings. The van der Waals surface area contributed by atoms with Crippen LogP contribution in [0.25, 0.3) is 0 Å². The number of carbonyl (C=O) groups excluding carboxylic acids is 2. The normalized spacial score (nSPS) is 20.0. The van der Waals surface area contributed by atoms with Crippen molar-refractivity contribution in [1.82, 2.24) is 15.1 Å². The Bertz CT molecular complexity index is 593. The first-order valence-electron chi connectivity index (χ1n) is 9.77. The molecule has 2 fully saturated rings. The summed E-state index contributed by atoms with van der Waals surface area (Å²) in [5.41, 5.74) is 6.84. The Morgan fingerprint density at radius 2 is 1.65 bits per heavy atom. The molecule has 2 aliphatic heterocycles. The molecule has 0 saturated carbocycles. The van der Waals surface area contributed by atoms with Crippen molar-refractivity contribution in [3.05, 3.63) is 35.9 Å². The van der Waals surface area contributed by atoms with E-state index in [-0.39, 0.29) is 11.8 Å². The van der Waals surface area contributed by atoms with Gasteiger partial charge in [0.1, 0.15) is 0 Å². The summed E-state index contributed by atoms with van der Waals surface area (Å²) in [5.74, 6) is 0.162. The van der Waals surface area contributed by atoms with E-state index in [1.54, 1.807) is 0 Å². The fourth-order valence-electron chi connectivity index (χ4n) is 3.78. The van der Waals surface area contributed by atoms with Gasteiger partial charge in [-0.3, -0.25) is 9.59 Å². The number of hydrogen-bond donors (Lipinski definition) is 2. The van der Waals surface area contributed by atoms with Gasteiger partial charge in [0.15, 0.2) is 0 Å². The van der Waals surface area contributed by atoms with Crippen molar-refractivity contribution in [2.75, 3.05) is 32.7 Å². The van der Waals surface area contributed by atoms with E-state index in [4.69, 9.17) is 5.73 Å². The molecule has 2 saturated heterocycles. The van der Waals surface area contributed by atoms with Gasteiger partial charge < -0.3 is 20.9 Å². The number of nitrogens with two attached hydrogens (primary N) is 1. The zero-order valence-corrected chi connectivity index (χ0v) is 15.4. The molecular weight excluding hydrogens is 328 g/mol. The standard InChI is InChI=1S/C20H30N4O2/c21-18(20(26)23-11-5-2-6-12-23)15-22-17-9-13-24(14-10-17)19(25)16-7-3-1-4-8-16/h1,3-4,7-8,17-18,22H,2,5-6,9-15,21H2. The Hall–Kier alpha value is -1.92. The maximum Gasteiger partial charge on any atom is 0.253 e. The molecule has 0 aliphatic carbocycles. The first-order valence-corrected chi connectivity index (χ1v) is 9.77. The largest absolute Gasteiger partial charge is 0.341 e. The summed E-state index contributed by atoms with van der Waals surface area (Å²) in [6.07, 6.45) is 5.16. The minimum Gasteiger partial charge on any atom is -0.341 e. The van der Waals surface area contributed by atoms with E-state index >= 15 is 0 Å². The first-order chi connectivity index (χ1) is 12.6. The summed E-state index contributed by atoms with van der Waals surface area (Å²) in [7, 11) is 0. The van der Waals surface area contributed by atoms with E-state index in [1.807, 2.05) is 40.1 Å². The monoisotopic (exact) mass is 358 g/mol. The van der Waals surface area contributed by atoms with Crippen LogP contribution in [-0.4, -0.2) is 66.4 Å². The third-order valence-electron chi connectivity index (χ3n) is 5.41. The molecule has 0 radical (unpaired) electrons. The molecule has 2 heterocycles. The van der Waals surface area contributed by atoms with E-state index in [2.05, 4.69) is 5.32 Å². The van der Waals surface area contributed by atoms with Crippen molar-refractivity contribution in [2.45, 2.75) is 44.2 Å². The number of carbonyl (C=O) groups is 2. The number of likely N-dealkylation sites (tertiary alicyclic amines) is 2. The van der Waals surface area contributed by atoms with Crippen molar-refractivity contribution in [2.24, 2.45) is 5.73 Å². The molecule has 0 aromatic heterocycles. The van der Waals surface area contributed by atoms with E-state index in [1.165, 1.54) is 6.42 Å². The quantitative estimate of drug-likeness (QED) is 0.830. The Morgan fingerprint density at radius 3 is 2.31 bits per heavy atom. The lowest BCUT2D eigenvalue weighted by Crippen LogP contribution is -2.53. The van der Waals surface area contributed by atoms with E-state index in [0.29, 0.717) is 12.6 Å². The summed E-state index contributed by atoms with van der Waals surface area (Å²) >= 11 is 0. The fraction of sp³-hybridized carbons (Fsp3) is 0.600. The van der Waals surface area contributed by atoms with Crippen molar-refractivity contribution in [3.8, 4) is 0 Å². The number of benzene rings is 1. The molecule has 0 bridgehead atoms. The SMILES string of the molecule is NC(CNC1CCN(C(=O)c2ccccc2)CC1)C(=O)N1CCCCC1. The summed E-state index contributed by atoms with van der Waals surface area (Å²) in [6, 6.07) is 9.26. The van der Waals surface area contributed by atoms with Crippen LogP contribution in [0.15, 0.2) is 30.3 Å². The second-order valence-corrected chi connectivity index (χ2v) is 7.33. The third-order valence-corrected chi connectivity index (χ3v) is 5.41. The highest BCUT2D eigenvalue weighted by atomic mass is 16.2. The lowest BCUT2D eigenvalue weighted by Gasteiger charge is -2.34. The summed E-state index contributed by atoms with van der Waals surface area (Å²) in [5, 5.41) is 3.43. The van der Waals surface area contributed by atoms with Gasteiger partial charge in [-0.05, 0) is 44.2 Å². The molecule has 1 aromatic carbocycles. The van der Waals surface area contributed by atoms with Gasteiger partial charge in [-0.25, -0.2) is 0 Å². The Labute approximate surface area is 155 Å². The predicted octanol–water partition coefficient (Wildman–Crippen LogP) is 1.22. The van der Waals surface area contributed by atoms with Gasteiger partial charge in [0, 0.05) is 44.3 Å². The molecule has 3 rings (SSSR count). The van der Waals surface area contributed by atoms with Gasteiger partial charge >= 0.3 is 0 Å². The topological polar surface area (TPSA) is 78.7 Å². The minimum absolute atomic E-state index is 0.0638. The number of piperidine rings is 2. The maximum absolute atomic E-state index is 12.5. The second-order valence-electron chi connectivity index (χ2n) is 7.33. The third kappa shape index (κ3) is 4.83. The van der Waals surface area contributed by atoms with Crippen molar-refractivity contribution >= 4 is 11.8 Å². The lowest BCUT2D eigenvalue weighted by molar-refractivity contribution is -0.133. The van der Waals surface area contributed by atoms with Crippen molar-refractivity contribution in [1.29, 1.82) is 0 Å². The van der Waals surface area contributed by atoms with Crippen LogP contribution in [0.2, 0.25) is 0 Å². The average molecular weight is 358 g/mol. The number of rotatable bonds is 5. The van der Waals surface area contributed by atoms with Crippen molar-refractivity contribution in [3.63, 3.8) is 0 Å². The smallest absolute Gasteiger partial charge is 0.253 e. The fourth-order valence-corrected chi connectivity index (χ4v) is 3.78. The number of nitrogens with one attached hydrogen (secondary N) is 1. The highest BCUT2D eigenvalue weighted by Crippen LogP contribution is 2.14. The van der Waals surface area contributed by atoms with Gasteiger partial charge in [-0.1, -0.05) is 18.2 Å². The van der Waals surface area contributed by atoms with Crippen LogP contribution in [0.1, 0.15) is 42.5 Å². The van der Waals surface area contributed by atoms with E-state index in [0.717, 1.165) is 57.4 Å². The predicted molar refractivity (Wildman–Crippen MR) is 102 cm³/mol. The molecular formula is C20H30N4O2. The Balaban J connectivity index is 1.40. The molecule has 0 spiro atoms. The molecule has 2 aliphatic rings. The number of amides is 2. The molecule has 6 nitrogen and oxygen atoms in total. The van der Waals surface area contributed by atoms with Gasteiger partial charge in [0.2, 0.25) is 5.91 Å². The van der Waals surface area contributed by atoms with Crippen LogP contribution >= 0.6 is 0 Å². The zero-order valence-electron chi connectivity index (χ0n) is 15.4. The van der Waals surface area contributed by atoms with Gasteiger partial charge in [0.05, 0.1) is 6.04 Å². The van der Waals surface area contributed by atoms with E-state index < -0.39 is 6.04 Å². The van der Waals surface area contributed by atoms with Crippen molar-refractivity contribution < 1.29 is 9.59 Å². The zero-order chi connectivity index (χ0) is 18.4. The average Bonchev–Trinajstić information content (AvgIpc) is 2.72. The molecule has 3 N–H and O–H groups in total. The minimum atomic E-state index is -0.475. The molecule has 1 atom stereocenters. The molecule has 2 amide bonds. The van der Waals surface area contributed by atoms with E-state index in [9.17, 15) is 9.59 Å². The van der Waals surface area contributed by atoms with Gasteiger partial charge in [0.25, 0.3) is 5.91 Å². The van der Waals surface area contributed by atoms with Crippen LogP contribution in [-0.2, 0) is 4.79 Å². The summed E-state index contributed by atoms with van der Waals surface area (Å²) < 4.78 is 0. The highest BCUT2D eigenvalue weighted by Gasteiger charge is 2.26. The van der Waals surface area contributed by atoms with Crippen LogP contribution in [0, 0.1) is 0 Å². The summed E-state index contributed by atoms with van der Waals surface area (Å²) in [4.78, 5) is 28.7. The first kappa shape index (κ1) is 18.9. The van der Waals surface area contributed by atoms with Crippen LogP contribution < -0.4 is 11.1 Å². The Morgan fingerprint density at radius 1 is 1.00 bits per heavy atom. The molecule has 6 heteroatoms. The number of nitrogens with zero attached hydrogens (tertiary/aromatic N) is 2. The van der Waals surface area contributed by atoms with Crippen LogP contribution in [0.3, 0.4) is 0 Å². The molecule has 1 unspecified atom stereocenters.